The number of hydrogen-bond donors (Lipinski definition) is 2. The summed E-state index contributed by atoms with van der Waals surface area (Å²) in [5.41, 5.74) is 3.39. The number of anilines is 2. The zero-order valence-corrected chi connectivity index (χ0v) is 15.2. The maximum atomic E-state index is 13.4. The molecule has 0 saturated carbocycles. The molecule has 0 unspecified atom stereocenters. The Morgan fingerprint density at radius 1 is 1.22 bits per heavy atom. The lowest BCUT2D eigenvalue weighted by Crippen LogP contribution is -2.16. The van der Waals surface area contributed by atoms with Gasteiger partial charge in [0.25, 0.3) is 5.56 Å². The summed E-state index contributed by atoms with van der Waals surface area (Å²) in [7, 11) is 0. The average molecular weight is 383 g/mol. The van der Waals surface area contributed by atoms with Crippen LogP contribution in [0.25, 0.3) is 10.9 Å². The lowest BCUT2D eigenvalue weighted by Gasteiger charge is -2.15. The van der Waals surface area contributed by atoms with E-state index in [9.17, 15) is 9.18 Å². The minimum Gasteiger partial charge on any atom is -0.361 e. The number of aromatic amines is 1. The average Bonchev–Trinajstić information content (AvgIpc) is 3.12. The highest BCUT2D eigenvalue weighted by Gasteiger charge is 2.10. The van der Waals surface area contributed by atoms with Crippen molar-refractivity contribution in [2.24, 2.45) is 0 Å². The van der Waals surface area contributed by atoms with Gasteiger partial charge in [-0.3, -0.25) is 4.79 Å². The quantitative estimate of drug-likeness (QED) is 0.541. The van der Waals surface area contributed by atoms with Gasteiger partial charge in [0.05, 0.1) is 11.6 Å². The van der Waals surface area contributed by atoms with Gasteiger partial charge in [-0.25, -0.2) is 4.39 Å². The lowest BCUT2D eigenvalue weighted by molar-refractivity contribution is 0.626. The summed E-state index contributed by atoms with van der Waals surface area (Å²) in [5.74, 6) is -0.0619. The first kappa shape index (κ1) is 17.3. The molecule has 27 heavy (non-hydrogen) atoms. The third kappa shape index (κ3) is 3.44. The molecule has 0 radical (unpaired) electrons. The van der Waals surface area contributed by atoms with Crippen LogP contribution in [0.4, 0.5) is 16.0 Å². The topological polar surface area (TPSA) is 62.7 Å². The minimum absolute atomic E-state index is 0.0600. The molecule has 2 aromatic carbocycles. The molecule has 0 fully saturated rings. The molecule has 0 spiro atoms. The van der Waals surface area contributed by atoms with Crippen molar-refractivity contribution in [2.45, 2.75) is 13.5 Å². The number of fused-ring (bicyclic) bond motifs is 1. The second-order valence-electron chi connectivity index (χ2n) is 6.27. The standard InChI is InChI=1S/C20H16ClFN4O/c1-12-14-6-8-23-18(14)5-4-17(12)24-20-25-19(27)7-9-26(20)11-13-2-3-16(22)15(21)10-13/h2-10,23H,11H2,1H3,(H,24,25,27). The van der Waals surface area contributed by atoms with Crippen LogP contribution in [0.2, 0.25) is 5.02 Å². The summed E-state index contributed by atoms with van der Waals surface area (Å²) in [6.07, 6.45) is 3.54. The van der Waals surface area contributed by atoms with E-state index >= 15 is 0 Å². The van der Waals surface area contributed by atoms with E-state index < -0.39 is 5.82 Å². The lowest BCUT2D eigenvalue weighted by atomic mass is 10.1. The minimum atomic E-state index is -0.466. The molecular formula is C20H16ClFN4O. The van der Waals surface area contributed by atoms with Gasteiger partial charge in [0.1, 0.15) is 5.82 Å². The fraction of sp³-hybridized carbons (Fsp3) is 0.100. The predicted octanol–water partition coefficient (Wildman–Crippen LogP) is 4.62. The van der Waals surface area contributed by atoms with Gasteiger partial charge < -0.3 is 14.9 Å². The highest BCUT2D eigenvalue weighted by Crippen LogP contribution is 2.27. The number of benzene rings is 2. The molecule has 5 nitrogen and oxygen atoms in total. The fourth-order valence-corrected chi connectivity index (χ4v) is 3.24. The number of H-pyrrole nitrogens is 1. The summed E-state index contributed by atoms with van der Waals surface area (Å²) in [5, 5.41) is 4.39. The van der Waals surface area contributed by atoms with Gasteiger partial charge in [-0.15, -0.1) is 0 Å². The van der Waals surface area contributed by atoms with Gasteiger partial charge in [0.2, 0.25) is 5.95 Å². The first-order valence-electron chi connectivity index (χ1n) is 8.36. The molecule has 0 atom stereocenters. The van der Waals surface area contributed by atoms with Crippen molar-refractivity contribution >= 4 is 34.1 Å². The molecule has 4 aromatic rings. The van der Waals surface area contributed by atoms with Gasteiger partial charge in [0.15, 0.2) is 0 Å². The third-order valence-corrected chi connectivity index (χ3v) is 4.76. The number of halogens is 2. The Bertz CT molecular complexity index is 1200. The van der Waals surface area contributed by atoms with Crippen molar-refractivity contribution in [1.82, 2.24) is 14.5 Å². The second kappa shape index (κ2) is 6.89. The van der Waals surface area contributed by atoms with Crippen molar-refractivity contribution < 1.29 is 4.39 Å². The van der Waals surface area contributed by atoms with Gasteiger partial charge >= 0.3 is 0 Å². The summed E-state index contributed by atoms with van der Waals surface area (Å²) >= 11 is 5.87. The monoisotopic (exact) mass is 382 g/mol. The molecule has 2 N–H and O–H groups in total. The Hall–Kier alpha value is -3.12. The maximum absolute atomic E-state index is 13.4. The number of nitrogens with zero attached hydrogens (tertiary/aromatic N) is 2. The molecular weight excluding hydrogens is 367 g/mol. The van der Waals surface area contributed by atoms with E-state index in [1.165, 1.54) is 12.1 Å². The molecule has 2 heterocycles. The van der Waals surface area contributed by atoms with E-state index in [-0.39, 0.29) is 10.6 Å². The number of aromatic nitrogens is 3. The van der Waals surface area contributed by atoms with Gasteiger partial charge in [-0.2, -0.15) is 4.98 Å². The molecule has 0 saturated heterocycles. The first-order chi connectivity index (χ1) is 13.0. The largest absolute Gasteiger partial charge is 0.361 e. The van der Waals surface area contributed by atoms with E-state index in [0.29, 0.717) is 12.5 Å². The third-order valence-electron chi connectivity index (χ3n) is 4.47. The zero-order chi connectivity index (χ0) is 19.0. The predicted molar refractivity (Wildman–Crippen MR) is 105 cm³/mol. The molecule has 0 amide bonds. The fourth-order valence-electron chi connectivity index (χ4n) is 3.03. The normalized spacial score (nSPS) is 11.1. The number of aryl methyl sites for hydroxylation is 1. The molecule has 4 rings (SSSR count). The SMILES string of the molecule is Cc1c(Nc2nc(=O)ccn2Cc2ccc(F)c(Cl)c2)ccc2[nH]ccc12. The Balaban J connectivity index is 1.71. The van der Waals surface area contributed by atoms with Crippen LogP contribution in [0.3, 0.4) is 0 Å². The smallest absolute Gasteiger partial charge is 0.274 e. The Kier molecular flexibility index (Phi) is 4.41. The Morgan fingerprint density at radius 3 is 2.89 bits per heavy atom. The number of hydrogen-bond acceptors (Lipinski definition) is 3. The first-order valence-corrected chi connectivity index (χ1v) is 8.74. The molecule has 2 aromatic heterocycles. The highest BCUT2D eigenvalue weighted by atomic mass is 35.5. The van der Waals surface area contributed by atoms with Crippen molar-refractivity contribution in [2.75, 3.05) is 5.32 Å². The summed E-state index contributed by atoms with van der Waals surface area (Å²) in [6.45, 7) is 2.39. The van der Waals surface area contributed by atoms with Crippen molar-refractivity contribution in [3.63, 3.8) is 0 Å². The van der Waals surface area contributed by atoms with Crippen LogP contribution >= 0.6 is 11.6 Å². The van der Waals surface area contributed by atoms with Crippen LogP contribution in [0.1, 0.15) is 11.1 Å². The maximum Gasteiger partial charge on any atom is 0.274 e. The van der Waals surface area contributed by atoms with E-state index in [1.54, 1.807) is 22.9 Å². The summed E-state index contributed by atoms with van der Waals surface area (Å²) in [6, 6.07) is 11.8. The molecule has 0 aliphatic rings. The molecule has 0 bridgehead atoms. The zero-order valence-electron chi connectivity index (χ0n) is 14.5. The number of rotatable bonds is 4. The van der Waals surface area contributed by atoms with Gasteiger partial charge in [-0.05, 0) is 48.4 Å². The molecule has 0 aliphatic heterocycles. The number of nitrogens with one attached hydrogen (secondary N) is 2. The molecule has 136 valence electrons. The van der Waals surface area contributed by atoms with Crippen LogP contribution in [-0.2, 0) is 6.54 Å². The van der Waals surface area contributed by atoms with Gasteiger partial charge in [0, 0.05) is 35.1 Å². The Labute approximate surface area is 159 Å². The summed E-state index contributed by atoms with van der Waals surface area (Å²) < 4.78 is 15.2. The van der Waals surface area contributed by atoms with Crippen LogP contribution in [0.5, 0.6) is 0 Å². The van der Waals surface area contributed by atoms with Crippen LogP contribution in [0.15, 0.2) is 59.7 Å². The van der Waals surface area contributed by atoms with Crippen LogP contribution in [0, 0.1) is 12.7 Å². The highest BCUT2D eigenvalue weighted by molar-refractivity contribution is 6.30. The van der Waals surface area contributed by atoms with E-state index in [4.69, 9.17) is 11.6 Å². The van der Waals surface area contributed by atoms with E-state index in [1.807, 2.05) is 31.3 Å². The van der Waals surface area contributed by atoms with Gasteiger partial charge in [-0.1, -0.05) is 17.7 Å². The van der Waals surface area contributed by atoms with E-state index in [0.717, 1.165) is 27.7 Å². The van der Waals surface area contributed by atoms with Crippen molar-refractivity contribution in [1.29, 1.82) is 0 Å². The molecule has 7 heteroatoms. The van der Waals surface area contributed by atoms with Crippen LogP contribution in [-0.4, -0.2) is 14.5 Å². The van der Waals surface area contributed by atoms with E-state index in [2.05, 4.69) is 15.3 Å². The second-order valence-corrected chi connectivity index (χ2v) is 6.67. The summed E-state index contributed by atoms with van der Waals surface area (Å²) in [4.78, 5) is 19.1. The van der Waals surface area contributed by atoms with Crippen molar-refractivity contribution in [3.05, 3.63) is 87.2 Å². The van der Waals surface area contributed by atoms with Crippen molar-refractivity contribution in [3.8, 4) is 0 Å². The molecule has 0 aliphatic carbocycles. The van der Waals surface area contributed by atoms with Crippen LogP contribution < -0.4 is 10.9 Å². The Morgan fingerprint density at radius 2 is 2.07 bits per heavy atom.